The predicted molar refractivity (Wildman–Crippen MR) is 58.8 cm³/mol. The number of carbonyl (C=O) groups is 1. The van der Waals surface area contributed by atoms with E-state index in [0.29, 0.717) is 12.8 Å². The number of aromatic nitrogens is 1. The number of rotatable bonds is 3. The van der Waals surface area contributed by atoms with Gasteiger partial charge in [0.15, 0.2) is 5.69 Å². The third kappa shape index (κ3) is 2.91. The first-order chi connectivity index (χ1) is 8.38. The highest BCUT2D eigenvalue weighted by Gasteiger charge is 2.41. The number of hydrogen-bond donors (Lipinski definition) is 1. The Labute approximate surface area is 102 Å². The van der Waals surface area contributed by atoms with Gasteiger partial charge in [-0.3, -0.25) is 4.79 Å². The molecular weight excluding hydrogens is 247 g/mol. The van der Waals surface area contributed by atoms with Crippen molar-refractivity contribution in [3.63, 3.8) is 0 Å². The standard InChI is InChI=1S/C11H12F3N3O/c12-11(13,14)6-17(7-3-4-7)10(18)9-8(15)2-1-5-16-9/h1-2,5,7H,3-4,6,15H2. The SMILES string of the molecule is Nc1cccnc1C(=O)N(CC(F)(F)F)C1CC1. The summed E-state index contributed by atoms with van der Waals surface area (Å²) in [7, 11) is 0. The molecule has 0 aromatic carbocycles. The van der Waals surface area contributed by atoms with Gasteiger partial charge in [0.1, 0.15) is 6.54 Å². The summed E-state index contributed by atoms with van der Waals surface area (Å²) < 4.78 is 37.3. The first kappa shape index (κ1) is 12.7. The van der Waals surface area contributed by atoms with Crippen LogP contribution in [0.5, 0.6) is 0 Å². The number of alkyl halides is 3. The van der Waals surface area contributed by atoms with Crippen LogP contribution in [0.2, 0.25) is 0 Å². The summed E-state index contributed by atoms with van der Waals surface area (Å²) >= 11 is 0. The number of amides is 1. The van der Waals surface area contributed by atoms with Gasteiger partial charge in [-0.25, -0.2) is 4.98 Å². The van der Waals surface area contributed by atoms with E-state index in [-0.39, 0.29) is 17.4 Å². The van der Waals surface area contributed by atoms with E-state index in [2.05, 4.69) is 4.98 Å². The largest absolute Gasteiger partial charge is 0.406 e. The third-order valence-electron chi connectivity index (χ3n) is 2.64. The number of pyridine rings is 1. The molecule has 1 aliphatic rings. The van der Waals surface area contributed by atoms with Crippen LogP contribution >= 0.6 is 0 Å². The molecule has 2 rings (SSSR count). The molecule has 0 atom stereocenters. The molecule has 98 valence electrons. The Bertz CT molecular complexity index is 457. The van der Waals surface area contributed by atoms with Crippen molar-refractivity contribution in [2.75, 3.05) is 12.3 Å². The number of anilines is 1. The summed E-state index contributed by atoms with van der Waals surface area (Å²) in [6.07, 6.45) is -1.90. The van der Waals surface area contributed by atoms with Gasteiger partial charge in [0, 0.05) is 12.2 Å². The van der Waals surface area contributed by atoms with Gasteiger partial charge in [-0.15, -0.1) is 0 Å². The molecule has 0 saturated heterocycles. The summed E-state index contributed by atoms with van der Waals surface area (Å²) in [6, 6.07) is 2.62. The van der Waals surface area contributed by atoms with Crippen LogP contribution in [0.1, 0.15) is 23.3 Å². The minimum Gasteiger partial charge on any atom is -0.397 e. The van der Waals surface area contributed by atoms with E-state index in [1.807, 2.05) is 0 Å². The monoisotopic (exact) mass is 259 g/mol. The van der Waals surface area contributed by atoms with Crippen LogP contribution in [0.4, 0.5) is 18.9 Å². The fraction of sp³-hybridized carbons (Fsp3) is 0.455. The zero-order valence-electron chi connectivity index (χ0n) is 9.44. The molecule has 0 aliphatic heterocycles. The highest BCUT2D eigenvalue weighted by molar-refractivity contribution is 5.97. The van der Waals surface area contributed by atoms with E-state index in [0.717, 1.165) is 4.90 Å². The van der Waals surface area contributed by atoms with Crippen molar-refractivity contribution in [3.05, 3.63) is 24.0 Å². The van der Waals surface area contributed by atoms with Gasteiger partial charge in [-0.1, -0.05) is 0 Å². The zero-order chi connectivity index (χ0) is 13.3. The van der Waals surface area contributed by atoms with Crippen molar-refractivity contribution in [1.82, 2.24) is 9.88 Å². The smallest absolute Gasteiger partial charge is 0.397 e. The van der Waals surface area contributed by atoms with Gasteiger partial charge < -0.3 is 10.6 Å². The molecule has 4 nitrogen and oxygen atoms in total. The Morgan fingerprint density at radius 1 is 1.50 bits per heavy atom. The Balaban J connectivity index is 2.21. The Kier molecular flexibility index (Phi) is 3.14. The van der Waals surface area contributed by atoms with Crippen LogP contribution in [0.15, 0.2) is 18.3 Å². The number of halogens is 3. The van der Waals surface area contributed by atoms with Crippen molar-refractivity contribution in [2.24, 2.45) is 0 Å². The maximum Gasteiger partial charge on any atom is 0.406 e. The maximum atomic E-state index is 12.4. The predicted octanol–water partition coefficient (Wildman–Crippen LogP) is 1.83. The third-order valence-corrected chi connectivity index (χ3v) is 2.64. The van der Waals surface area contributed by atoms with Crippen molar-refractivity contribution in [3.8, 4) is 0 Å². The Morgan fingerprint density at radius 2 is 2.17 bits per heavy atom. The number of hydrogen-bond acceptors (Lipinski definition) is 3. The molecule has 1 saturated carbocycles. The molecule has 1 amide bonds. The lowest BCUT2D eigenvalue weighted by Gasteiger charge is -2.23. The van der Waals surface area contributed by atoms with Crippen LogP contribution in [-0.2, 0) is 0 Å². The summed E-state index contributed by atoms with van der Waals surface area (Å²) in [5.74, 6) is -0.757. The molecule has 1 fully saturated rings. The molecule has 0 spiro atoms. The molecule has 1 aliphatic carbocycles. The number of carbonyl (C=O) groups excluding carboxylic acids is 1. The van der Waals surface area contributed by atoms with Crippen molar-refractivity contribution in [1.29, 1.82) is 0 Å². The van der Waals surface area contributed by atoms with E-state index in [1.54, 1.807) is 0 Å². The van der Waals surface area contributed by atoms with Crippen molar-refractivity contribution >= 4 is 11.6 Å². The topological polar surface area (TPSA) is 59.2 Å². The summed E-state index contributed by atoms with van der Waals surface area (Å²) in [6.45, 7) is -1.26. The van der Waals surface area contributed by atoms with Crippen molar-refractivity contribution in [2.45, 2.75) is 25.1 Å². The number of nitrogen functional groups attached to an aromatic ring is 1. The Hall–Kier alpha value is -1.79. The average Bonchev–Trinajstić information content (AvgIpc) is 3.08. The summed E-state index contributed by atoms with van der Waals surface area (Å²) in [4.78, 5) is 16.6. The molecule has 1 aromatic heterocycles. The number of nitrogens with two attached hydrogens (primary N) is 1. The second kappa shape index (κ2) is 4.47. The van der Waals surface area contributed by atoms with Gasteiger partial charge in [-0.2, -0.15) is 13.2 Å². The first-order valence-corrected chi connectivity index (χ1v) is 5.46. The minimum absolute atomic E-state index is 0.0929. The summed E-state index contributed by atoms with van der Waals surface area (Å²) in [5.41, 5.74) is 5.53. The van der Waals surface area contributed by atoms with Crippen LogP contribution in [0.3, 0.4) is 0 Å². The van der Waals surface area contributed by atoms with E-state index in [4.69, 9.17) is 5.73 Å². The molecule has 7 heteroatoms. The molecule has 0 bridgehead atoms. The molecule has 1 aromatic rings. The van der Waals surface area contributed by atoms with Gasteiger partial charge >= 0.3 is 6.18 Å². The van der Waals surface area contributed by atoms with E-state index >= 15 is 0 Å². The fourth-order valence-corrected chi connectivity index (χ4v) is 1.68. The quantitative estimate of drug-likeness (QED) is 0.900. The van der Waals surface area contributed by atoms with Gasteiger partial charge in [0.05, 0.1) is 5.69 Å². The lowest BCUT2D eigenvalue weighted by molar-refractivity contribution is -0.141. The normalized spacial score (nSPS) is 15.5. The van der Waals surface area contributed by atoms with Gasteiger partial charge in [0.25, 0.3) is 5.91 Å². The van der Waals surface area contributed by atoms with Gasteiger partial charge in [-0.05, 0) is 25.0 Å². The van der Waals surface area contributed by atoms with Crippen molar-refractivity contribution < 1.29 is 18.0 Å². The van der Waals surface area contributed by atoms with E-state index in [9.17, 15) is 18.0 Å². The second-order valence-electron chi connectivity index (χ2n) is 4.22. The maximum absolute atomic E-state index is 12.4. The van der Waals surface area contributed by atoms with Crippen LogP contribution in [0.25, 0.3) is 0 Å². The zero-order valence-corrected chi connectivity index (χ0v) is 9.44. The molecule has 0 radical (unpaired) electrons. The summed E-state index contributed by atoms with van der Waals surface area (Å²) in [5, 5.41) is 0. The number of nitrogens with zero attached hydrogens (tertiary/aromatic N) is 2. The highest BCUT2D eigenvalue weighted by Crippen LogP contribution is 2.31. The average molecular weight is 259 g/mol. The molecule has 1 heterocycles. The van der Waals surface area contributed by atoms with Crippen LogP contribution in [-0.4, -0.2) is 34.6 Å². The lowest BCUT2D eigenvalue weighted by Crippen LogP contribution is -2.41. The minimum atomic E-state index is -4.41. The molecule has 0 unspecified atom stereocenters. The van der Waals surface area contributed by atoms with Crippen LogP contribution < -0.4 is 5.73 Å². The molecular formula is C11H12F3N3O. The molecule has 2 N–H and O–H groups in total. The lowest BCUT2D eigenvalue weighted by atomic mass is 10.2. The van der Waals surface area contributed by atoms with E-state index in [1.165, 1.54) is 18.3 Å². The molecule has 18 heavy (non-hydrogen) atoms. The Morgan fingerprint density at radius 3 is 2.67 bits per heavy atom. The second-order valence-corrected chi connectivity index (χ2v) is 4.22. The highest BCUT2D eigenvalue weighted by atomic mass is 19.4. The van der Waals surface area contributed by atoms with Gasteiger partial charge in [0.2, 0.25) is 0 Å². The van der Waals surface area contributed by atoms with Crippen LogP contribution in [0, 0.1) is 0 Å². The fourth-order valence-electron chi connectivity index (χ4n) is 1.68. The van der Waals surface area contributed by atoms with E-state index < -0.39 is 18.6 Å². The first-order valence-electron chi connectivity index (χ1n) is 5.46.